The lowest BCUT2D eigenvalue weighted by atomic mass is 10.2. The molecule has 172 valence electrons. The van der Waals surface area contributed by atoms with Crippen molar-refractivity contribution in [3.05, 3.63) is 92.0 Å². The van der Waals surface area contributed by atoms with Gasteiger partial charge in [-0.05, 0) is 89.1 Å². The first-order chi connectivity index (χ1) is 16.2. The highest BCUT2D eigenvalue weighted by molar-refractivity contribution is 9.10. The molecule has 7 nitrogen and oxygen atoms in total. The summed E-state index contributed by atoms with van der Waals surface area (Å²) >= 11 is 12.7. The Morgan fingerprint density at radius 3 is 2.29 bits per heavy atom. The van der Waals surface area contributed by atoms with Gasteiger partial charge in [-0.3, -0.25) is 19.8 Å². The molecule has 3 aromatic carbocycles. The number of rotatable bonds is 4. The van der Waals surface area contributed by atoms with E-state index in [1.165, 1.54) is 4.68 Å². The standard InChI is InChI=1S/C24H17Br2ClN4O3/c1-13-2-8-19(18(26)10-13)29-22(32)21-12-14-11-15(25)3-9-20(14)31(21)30-24(34)23(33)28-17-6-4-16(27)5-7-17/h2-12H,1H3,(H,28,33)(H,29,32)(H,30,34). The van der Waals surface area contributed by atoms with Crippen molar-refractivity contribution >= 4 is 83.5 Å². The van der Waals surface area contributed by atoms with Crippen LogP contribution in [0.25, 0.3) is 10.9 Å². The molecular weight excluding hydrogens is 588 g/mol. The average molecular weight is 605 g/mol. The fourth-order valence-corrected chi connectivity index (χ4v) is 4.35. The largest absolute Gasteiger partial charge is 0.328 e. The van der Waals surface area contributed by atoms with Crippen LogP contribution >= 0.6 is 43.5 Å². The van der Waals surface area contributed by atoms with Crippen LogP contribution in [0.3, 0.4) is 0 Å². The van der Waals surface area contributed by atoms with Gasteiger partial charge in [-0.25, -0.2) is 4.68 Å². The fourth-order valence-electron chi connectivity index (χ4n) is 3.26. The van der Waals surface area contributed by atoms with Crippen molar-refractivity contribution in [1.29, 1.82) is 0 Å². The summed E-state index contributed by atoms with van der Waals surface area (Å²) in [6.45, 7) is 1.94. The lowest BCUT2D eigenvalue weighted by Crippen LogP contribution is -2.36. The van der Waals surface area contributed by atoms with E-state index in [9.17, 15) is 14.4 Å². The van der Waals surface area contributed by atoms with E-state index >= 15 is 0 Å². The van der Waals surface area contributed by atoms with Crippen molar-refractivity contribution in [3.63, 3.8) is 0 Å². The molecule has 3 amide bonds. The van der Waals surface area contributed by atoms with E-state index in [0.717, 1.165) is 14.5 Å². The van der Waals surface area contributed by atoms with E-state index in [1.807, 2.05) is 25.1 Å². The molecule has 3 N–H and O–H groups in total. The lowest BCUT2D eigenvalue weighted by Gasteiger charge is -2.13. The van der Waals surface area contributed by atoms with E-state index in [2.05, 4.69) is 47.9 Å². The molecule has 0 unspecified atom stereocenters. The van der Waals surface area contributed by atoms with Crippen LogP contribution in [0.5, 0.6) is 0 Å². The van der Waals surface area contributed by atoms with Gasteiger partial charge < -0.3 is 10.6 Å². The molecule has 0 spiro atoms. The molecule has 0 saturated carbocycles. The minimum atomic E-state index is -0.944. The van der Waals surface area contributed by atoms with Crippen LogP contribution in [-0.4, -0.2) is 22.4 Å². The van der Waals surface area contributed by atoms with Crippen LogP contribution in [0.15, 0.2) is 75.7 Å². The number of hydrogen-bond acceptors (Lipinski definition) is 3. The van der Waals surface area contributed by atoms with Crippen molar-refractivity contribution < 1.29 is 14.4 Å². The number of aromatic nitrogens is 1. The molecule has 4 aromatic rings. The van der Waals surface area contributed by atoms with Gasteiger partial charge in [0, 0.05) is 25.0 Å². The van der Waals surface area contributed by atoms with Crippen LogP contribution in [0, 0.1) is 6.92 Å². The summed E-state index contributed by atoms with van der Waals surface area (Å²) in [5.41, 5.74) is 5.23. The molecule has 10 heteroatoms. The first-order valence-corrected chi connectivity index (χ1v) is 11.9. The molecule has 0 aliphatic carbocycles. The Morgan fingerprint density at radius 1 is 0.853 bits per heavy atom. The van der Waals surface area contributed by atoms with Gasteiger partial charge in [0.1, 0.15) is 5.69 Å². The number of benzene rings is 3. The molecule has 34 heavy (non-hydrogen) atoms. The first-order valence-electron chi connectivity index (χ1n) is 9.97. The monoisotopic (exact) mass is 602 g/mol. The summed E-state index contributed by atoms with van der Waals surface area (Å²) in [6.07, 6.45) is 0. The van der Waals surface area contributed by atoms with Crippen molar-refractivity contribution in [2.75, 3.05) is 16.1 Å². The molecular formula is C24H17Br2ClN4O3. The predicted octanol–water partition coefficient (Wildman–Crippen LogP) is 6.09. The molecule has 0 radical (unpaired) electrons. The topological polar surface area (TPSA) is 92.2 Å². The lowest BCUT2D eigenvalue weighted by molar-refractivity contribution is -0.133. The average Bonchev–Trinajstić information content (AvgIpc) is 3.14. The number of nitrogens with zero attached hydrogens (tertiary/aromatic N) is 1. The Hall–Kier alpha value is -3.14. The Kier molecular flexibility index (Phi) is 7.06. The molecule has 1 aromatic heterocycles. The van der Waals surface area contributed by atoms with E-state index in [1.54, 1.807) is 48.5 Å². The number of aryl methyl sites for hydroxylation is 1. The molecule has 0 bridgehead atoms. The summed E-state index contributed by atoms with van der Waals surface area (Å²) in [6, 6.07) is 18.8. The van der Waals surface area contributed by atoms with Gasteiger partial charge in [0.05, 0.1) is 11.2 Å². The van der Waals surface area contributed by atoms with Crippen molar-refractivity contribution in [2.24, 2.45) is 0 Å². The number of nitrogens with one attached hydrogen (secondary N) is 3. The quantitative estimate of drug-likeness (QED) is 0.246. The van der Waals surface area contributed by atoms with E-state index in [4.69, 9.17) is 11.6 Å². The molecule has 0 fully saturated rings. The minimum absolute atomic E-state index is 0.146. The summed E-state index contributed by atoms with van der Waals surface area (Å²) < 4.78 is 2.82. The third-order valence-corrected chi connectivity index (χ3v) is 6.29. The maximum Gasteiger partial charge on any atom is 0.328 e. The molecule has 0 aliphatic heterocycles. The molecule has 1 heterocycles. The van der Waals surface area contributed by atoms with Crippen LogP contribution in [-0.2, 0) is 9.59 Å². The fraction of sp³-hybridized carbons (Fsp3) is 0.0417. The maximum absolute atomic E-state index is 13.2. The third-order valence-electron chi connectivity index (χ3n) is 4.89. The SMILES string of the molecule is Cc1ccc(NC(=O)c2cc3cc(Br)ccc3n2NC(=O)C(=O)Nc2ccc(Cl)cc2)c(Br)c1. The van der Waals surface area contributed by atoms with Gasteiger partial charge in [-0.1, -0.05) is 33.6 Å². The molecule has 0 aliphatic rings. The zero-order valence-electron chi connectivity index (χ0n) is 17.7. The van der Waals surface area contributed by atoms with Gasteiger partial charge in [0.25, 0.3) is 5.91 Å². The number of anilines is 2. The van der Waals surface area contributed by atoms with Crippen molar-refractivity contribution in [3.8, 4) is 0 Å². The van der Waals surface area contributed by atoms with Gasteiger partial charge >= 0.3 is 11.8 Å². The summed E-state index contributed by atoms with van der Waals surface area (Å²) in [5.74, 6) is -2.30. The van der Waals surface area contributed by atoms with Crippen LogP contribution in [0.4, 0.5) is 11.4 Å². The zero-order chi connectivity index (χ0) is 24.4. The second-order valence-corrected chi connectivity index (χ2v) is 9.61. The second kappa shape index (κ2) is 10.0. The maximum atomic E-state index is 13.2. The summed E-state index contributed by atoms with van der Waals surface area (Å²) in [5, 5.41) is 6.54. The number of carbonyl (C=O) groups excluding carboxylic acids is 3. The van der Waals surface area contributed by atoms with Crippen molar-refractivity contribution in [1.82, 2.24) is 4.68 Å². The molecule has 4 rings (SSSR count). The van der Waals surface area contributed by atoms with E-state index in [-0.39, 0.29) is 5.69 Å². The number of fused-ring (bicyclic) bond motifs is 1. The van der Waals surface area contributed by atoms with Gasteiger partial charge in [-0.2, -0.15) is 0 Å². The highest BCUT2D eigenvalue weighted by atomic mass is 79.9. The Balaban J connectivity index is 1.63. The first kappa shape index (κ1) is 24.0. The Morgan fingerprint density at radius 2 is 1.59 bits per heavy atom. The number of hydrogen-bond donors (Lipinski definition) is 3. The van der Waals surface area contributed by atoms with E-state index < -0.39 is 17.7 Å². The van der Waals surface area contributed by atoms with Gasteiger partial charge in [0.15, 0.2) is 0 Å². The molecule has 0 atom stereocenters. The zero-order valence-corrected chi connectivity index (χ0v) is 21.6. The number of amides is 3. The normalized spacial score (nSPS) is 10.7. The Bertz CT molecular complexity index is 1430. The molecule has 0 saturated heterocycles. The summed E-state index contributed by atoms with van der Waals surface area (Å²) in [4.78, 5) is 38.3. The summed E-state index contributed by atoms with van der Waals surface area (Å²) in [7, 11) is 0. The number of halogens is 3. The van der Waals surface area contributed by atoms with Crippen LogP contribution < -0.4 is 16.1 Å². The van der Waals surface area contributed by atoms with E-state index in [0.29, 0.717) is 27.3 Å². The van der Waals surface area contributed by atoms with Gasteiger partial charge in [-0.15, -0.1) is 0 Å². The second-order valence-electron chi connectivity index (χ2n) is 7.41. The Labute approximate surface area is 216 Å². The predicted molar refractivity (Wildman–Crippen MR) is 141 cm³/mol. The smallest absolute Gasteiger partial charge is 0.320 e. The highest BCUT2D eigenvalue weighted by Gasteiger charge is 2.21. The minimum Gasteiger partial charge on any atom is -0.320 e. The van der Waals surface area contributed by atoms with Crippen molar-refractivity contribution in [2.45, 2.75) is 6.92 Å². The van der Waals surface area contributed by atoms with Gasteiger partial charge in [0.2, 0.25) is 0 Å². The number of carbonyl (C=O) groups is 3. The third kappa shape index (κ3) is 5.32. The highest BCUT2D eigenvalue weighted by Crippen LogP contribution is 2.26. The van der Waals surface area contributed by atoms with Crippen LogP contribution in [0.2, 0.25) is 5.02 Å². The van der Waals surface area contributed by atoms with Crippen LogP contribution in [0.1, 0.15) is 16.1 Å².